The number of allylic oxidation sites excluding steroid dienone is 2. The SMILES string of the molecule is COC1=CC(Cl)=Nc2cc(Cc3ncccc3C(F)(F)F)ccc2C1. The summed E-state index contributed by atoms with van der Waals surface area (Å²) in [5.74, 6) is 0.671. The summed E-state index contributed by atoms with van der Waals surface area (Å²) in [7, 11) is 1.55. The molecule has 25 heavy (non-hydrogen) atoms. The van der Waals surface area contributed by atoms with Crippen molar-refractivity contribution in [3.8, 4) is 0 Å². The van der Waals surface area contributed by atoms with Gasteiger partial charge in [-0.05, 0) is 29.3 Å². The highest BCUT2D eigenvalue weighted by Gasteiger charge is 2.33. The van der Waals surface area contributed by atoms with Crippen LogP contribution in [0.15, 0.2) is 53.4 Å². The van der Waals surface area contributed by atoms with Gasteiger partial charge >= 0.3 is 6.18 Å². The molecule has 0 atom stereocenters. The predicted octanol–water partition coefficient (Wildman–Crippen LogP) is 5.05. The third-order valence-electron chi connectivity index (χ3n) is 3.85. The number of hydrogen-bond donors (Lipinski definition) is 0. The van der Waals surface area contributed by atoms with Gasteiger partial charge in [-0.3, -0.25) is 4.98 Å². The molecule has 1 aliphatic heterocycles. The van der Waals surface area contributed by atoms with E-state index in [0.717, 1.165) is 11.6 Å². The first-order chi connectivity index (χ1) is 11.9. The average molecular weight is 367 g/mol. The molecule has 2 heterocycles. The normalized spacial score (nSPS) is 14.3. The Balaban J connectivity index is 1.94. The molecule has 0 saturated heterocycles. The molecule has 1 aliphatic rings. The van der Waals surface area contributed by atoms with Crippen LogP contribution in [0.1, 0.15) is 22.4 Å². The van der Waals surface area contributed by atoms with Gasteiger partial charge in [-0.2, -0.15) is 13.2 Å². The minimum absolute atomic E-state index is 0.0191. The molecule has 0 radical (unpaired) electrons. The molecule has 130 valence electrons. The number of halogens is 4. The van der Waals surface area contributed by atoms with E-state index in [9.17, 15) is 13.2 Å². The van der Waals surface area contributed by atoms with Crippen molar-refractivity contribution < 1.29 is 17.9 Å². The van der Waals surface area contributed by atoms with Crippen LogP contribution in [0.25, 0.3) is 0 Å². The molecule has 3 rings (SSSR count). The summed E-state index contributed by atoms with van der Waals surface area (Å²) in [4.78, 5) is 8.19. The van der Waals surface area contributed by atoms with Crippen LogP contribution in [0.3, 0.4) is 0 Å². The molecule has 0 bridgehead atoms. The van der Waals surface area contributed by atoms with Crippen LogP contribution in [-0.2, 0) is 23.8 Å². The Labute approximate surface area is 147 Å². The van der Waals surface area contributed by atoms with Crippen molar-refractivity contribution in [3.05, 3.63) is 70.7 Å². The van der Waals surface area contributed by atoms with E-state index in [2.05, 4.69) is 9.98 Å². The third kappa shape index (κ3) is 4.02. The second-order valence-electron chi connectivity index (χ2n) is 5.56. The Hall–Kier alpha value is -2.34. The highest BCUT2D eigenvalue weighted by molar-refractivity contribution is 6.68. The van der Waals surface area contributed by atoms with Crippen molar-refractivity contribution in [2.45, 2.75) is 19.0 Å². The van der Waals surface area contributed by atoms with Crippen LogP contribution in [0.5, 0.6) is 0 Å². The molecular weight excluding hydrogens is 353 g/mol. The molecule has 0 unspecified atom stereocenters. The fraction of sp³-hybridized carbons (Fsp3) is 0.222. The van der Waals surface area contributed by atoms with Crippen LogP contribution in [-0.4, -0.2) is 17.3 Å². The number of aliphatic imine (C=N–C) groups is 1. The van der Waals surface area contributed by atoms with Crippen LogP contribution >= 0.6 is 11.6 Å². The zero-order valence-electron chi connectivity index (χ0n) is 13.3. The van der Waals surface area contributed by atoms with Crippen LogP contribution < -0.4 is 0 Å². The van der Waals surface area contributed by atoms with Gasteiger partial charge in [0.2, 0.25) is 0 Å². The number of fused-ring (bicyclic) bond motifs is 1. The smallest absolute Gasteiger partial charge is 0.418 e. The summed E-state index contributed by atoms with van der Waals surface area (Å²) in [6.07, 6.45) is -0.878. The first-order valence-corrected chi connectivity index (χ1v) is 7.86. The fourth-order valence-corrected chi connectivity index (χ4v) is 2.87. The lowest BCUT2D eigenvalue weighted by Gasteiger charge is -2.12. The molecule has 3 nitrogen and oxygen atoms in total. The fourth-order valence-electron chi connectivity index (χ4n) is 2.65. The maximum atomic E-state index is 13.1. The topological polar surface area (TPSA) is 34.5 Å². The summed E-state index contributed by atoms with van der Waals surface area (Å²) in [5, 5.41) is 0.265. The molecule has 1 aromatic carbocycles. The number of alkyl halides is 3. The maximum absolute atomic E-state index is 13.1. The number of ether oxygens (including phenoxy) is 1. The third-order valence-corrected chi connectivity index (χ3v) is 4.04. The van der Waals surface area contributed by atoms with E-state index in [1.54, 1.807) is 25.3 Å². The Kier molecular flexibility index (Phi) is 4.81. The molecular formula is C18H14ClF3N2O. The van der Waals surface area contributed by atoms with Gasteiger partial charge in [-0.15, -0.1) is 0 Å². The monoisotopic (exact) mass is 366 g/mol. The largest absolute Gasteiger partial charge is 0.501 e. The van der Waals surface area contributed by atoms with Gasteiger partial charge in [0.1, 0.15) is 10.9 Å². The minimum atomic E-state index is -4.44. The molecule has 0 fully saturated rings. The first kappa shape index (κ1) is 17.5. The Morgan fingerprint density at radius 1 is 1.24 bits per heavy atom. The minimum Gasteiger partial charge on any atom is -0.501 e. The lowest BCUT2D eigenvalue weighted by molar-refractivity contribution is -0.138. The number of hydrogen-bond acceptors (Lipinski definition) is 3. The molecule has 0 aliphatic carbocycles. The Morgan fingerprint density at radius 3 is 2.76 bits per heavy atom. The second-order valence-corrected chi connectivity index (χ2v) is 5.95. The highest BCUT2D eigenvalue weighted by atomic mass is 35.5. The van der Waals surface area contributed by atoms with E-state index in [-0.39, 0.29) is 17.3 Å². The number of rotatable bonds is 3. The van der Waals surface area contributed by atoms with Gasteiger partial charge in [-0.25, -0.2) is 4.99 Å². The average Bonchev–Trinajstić information content (AvgIpc) is 2.71. The Morgan fingerprint density at radius 2 is 2.04 bits per heavy atom. The van der Waals surface area contributed by atoms with Gasteiger partial charge in [-0.1, -0.05) is 23.7 Å². The standard InChI is InChI=1S/C18H14ClF3N2O/c1-25-13-9-12-5-4-11(7-15(12)24-17(19)10-13)8-16-14(18(20,21)22)3-2-6-23-16/h2-7,10H,8-9H2,1H3. The number of pyridine rings is 1. The molecule has 2 aromatic rings. The van der Waals surface area contributed by atoms with Crippen molar-refractivity contribution in [1.29, 1.82) is 0 Å². The molecule has 7 heteroatoms. The van der Waals surface area contributed by atoms with Crippen molar-refractivity contribution in [2.75, 3.05) is 7.11 Å². The van der Waals surface area contributed by atoms with Crippen molar-refractivity contribution in [3.63, 3.8) is 0 Å². The van der Waals surface area contributed by atoms with Crippen molar-refractivity contribution in [1.82, 2.24) is 4.98 Å². The molecule has 0 amide bonds. The molecule has 0 N–H and O–H groups in total. The quantitative estimate of drug-likeness (QED) is 0.762. The zero-order chi connectivity index (χ0) is 18.0. The van der Waals surface area contributed by atoms with Crippen LogP contribution in [0.2, 0.25) is 0 Å². The summed E-state index contributed by atoms with van der Waals surface area (Å²) in [5.41, 5.74) is 1.45. The van der Waals surface area contributed by atoms with Gasteiger partial charge in [0.25, 0.3) is 0 Å². The van der Waals surface area contributed by atoms with E-state index < -0.39 is 11.7 Å². The van der Waals surface area contributed by atoms with E-state index in [1.807, 2.05) is 6.07 Å². The summed E-state index contributed by atoms with van der Waals surface area (Å²) in [6.45, 7) is 0. The number of nitrogens with zero attached hydrogens (tertiary/aromatic N) is 2. The lowest BCUT2D eigenvalue weighted by Crippen LogP contribution is -2.11. The number of methoxy groups -OCH3 is 1. The summed E-state index contributed by atoms with van der Waals surface area (Å²) >= 11 is 6.05. The first-order valence-electron chi connectivity index (χ1n) is 7.48. The summed E-state index contributed by atoms with van der Waals surface area (Å²) < 4.78 is 44.6. The highest BCUT2D eigenvalue weighted by Crippen LogP contribution is 2.33. The van der Waals surface area contributed by atoms with Gasteiger partial charge in [0.15, 0.2) is 0 Å². The van der Waals surface area contributed by atoms with Crippen molar-refractivity contribution in [2.24, 2.45) is 4.99 Å². The molecule has 0 saturated carbocycles. The number of benzene rings is 1. The predicted molar refractivity (Wildman–Crippen MR) is 90.2 cm³/mol. The van der Waals surface area contributed by atoms with E-state index >= 15 is 0 Å². The maximum Gasteiger partial charge on any atom is 0.418 e. The number of aromatic nitrogens is 1. The molecule has 1 aromatic heterocycles. The van der Waals surface area contributed by atoms with E-state index in [0.29, 0.717) is 23.4 Å². The van der Waals surface area contributed by atoms with Crippen LogP contribution in [0.4, 0.5) is 18.9 Å². The van der Waals surface area contributed by atoms with Crippen molar-refractivity contribution >= 4 is 22.5 Å². The zero-order valence-corrected chi connectivity index (χ0v) is 14.0. The van der Waals surface area contributed by atoms with Gasteiger partial charge < -0.3 is 4.74 Å². The molecule has 0 spiro atoms. The second kappa shape index (κ2) is 6.88. The van der Waals surface area contributed by atoms with Gasteiger partial charge in [0, 0.05) is 25.1 Å². The van der Waals surface area contributed by atoms with E-state index in [1.165, 1.54) is 12.3 Å². The summed E-state index contributed by atoms with van der Waals surface area (Å²) in [6, 6.07) is 7.66. The lowest BCUT2D eigenvalue weighted by atomic mass is 10.0. The van der Waals surface area contributed by atoms with Crippen LogP contribution in [0, 0.1) is 0 Å². The van der Waals surface area contributed by atoms with Gasteiger partial charge in [0.05, 0.1) is 24.1 Å². The van der Waals surface area contributed by atoms with E-state index in [4.69, 9.17) is 16.3 Å². The Bertz CT molecular complexity index is 860.